The Morgan fingerprint density at radius 1 is 1.50 bits per heavy atom. The molecule has 1 aliphatic rings. The van der Waals surface area contributed by atoms with Crippen molar-refractivity contribution in [2.75, 3.05) is 20.2 Å². The van der Waals surface area contributed by atoms with Crippen LogP contribution in [0.1, 0.15) is 42.6 Å². The van der Waals surface area contributed by atoms with E-state index in [9.17, 15) is 9.90 Å². The number of nitrogens with zero attached hydrogens (tertiary/aromatic N) is 1. The number of methoxy groups -OCH3 is 1. The zero-order chi connectivity index (χ0) is 14.8. The molecule has 1 aliphatic heterocycles. The van der Waals surface area contributed by atoms with Crippen molar-refractivity contribution in [3.63, 3.8) is 0 Å². The predicted octanol–water partition coefficient (Wildman–Crippen LogP) is 2.60. The SMILES string of the molecule is COC1(C)CCCN(Cc2cc(C(C)=O)ccc2O)C1. The van der Waals surface area contributed by atoms with Crippen molar-refractivity contribution in [2.45, 2.75) is 38.8 Å². The van der Waals surface area contributed by atoms with Crippen molar-refractivity contribution >= 4 is 5.78 Å². The molecule has 110 valence electrons. The molecule has 4 nitrogen and oxygen atoms in total. The van der Waals surface area contributed by atoms with Gasteiger partial charge >= 0.3 is 0 Å². The van der Waals surface area contributed by atoms with Crippen LogP contribution in [0.2, 0.25) is 0 Å². The molecule has 0 amide bonds. The molecule has 0 saturated carbocycles. The highest BCUT2D eigenvalue weighted by molar-refractivity contribution is 5.94. The first kappa shape index (κ1) is 15.0. The lowest BCUT2D eigenvalue weighted by Gasteiger charge is -2.39. The molecular formula is C16H23NO3. The van der Waals surface area contributed by atoms with Crippen molar-refractivity contribution in [3.05, 3.63) is 29.3 Å². The molecular weight excluding hydrogens is 254 g/mol. The fourth-order valence-electron chi connectivity index (χ4n) is 2.78. The van der Waals surface area contributed by atoms with Gasteiger partial charge in [-0.15, -0.1) is 0 Å². The fraction of sp³-hybridized carbons (Fsp3) is 0.562. The molecule has 0 bridgehead atoms. The number of carbonyl (C=O) groups is 1. The summed E-state index contributed by atoms with van der Waals surface area (Å²) < 4.78 is 5.58. The molecule has 1 aromatic carbocycles. The average molecular weight is 277 g/mol. The minimum atomic E-state index is -0.119. The van der Waals surface area contributed by atoms with E-state index in [4.69, 9.17) is 4.74 Å². The Kier molecular flexibility index (Phi) is 4.45. The van der Waals surface area contributed by atoms with Gasteiger partial charge in [0.15, 0.2) is 5.78 Å². The summed E-state index contributed by atoms with van der Waals surface area (Å²) in [7, 11) is 1.75. The first-order valence-electron chi connectivity index (χ1n) is 7.04. The van der Waals surface area contributed by atoms with Crippen LogP contribution in [0.4, 0.5) is 0 Å². The van der Waals surface area contributed by atoms with Crippen LogP contribution in [0, 0.1) is 0 Å². The molecule has 1 unspecified atom stereocenters. The van der Waals surface area contributed by atoms with E-state index in [0.29, 0.717) is 12.1 Å². The van der Waals surface area contributed by atoms with Gasteiger partial charge in [0.25, 0.3) is 0 Å². The van der Waals surface area contributed by atoms with Gasteiger partial charge in [-0.2, -0.15) is 0 Å². The van der Waals surface area contributed by atoms with Crippen molar-refractivity contribution in [2.24, 2.45) is 0 Å². The summed E-state index contributed by atoms with van der Waals surface area (Å²) in [4.78, 5) is 13.7. The van der Waals surface area contributed by atoms with Crippen molar-refractivity contribution in [1.82, 2.24) is 4.90 Å². The predicted molar refractivity (Wildman–Crippen MR) is 78.0 cm³/mol. The van der Waals surface area contributed by atoms with Crippen molar-refractivity contribution < 1.29 is 14.6 Å². The monoisotopic (exact) mass is 277 g/mol. The number of likely N-dealkylation sites (tertiary alicyclic amines) is 1. The van der Waals surface area contributed by atoms with E-state index in [2.05, 4.69) is 11.8 Å². The minimum absolute atomic E-state index is 0.0200. The molecule has 1 N–H and O–H groups in total. The van der Waals surface area contributed by atoms with Crippen LogP contribution in [-0.4, -0.2) is 41.6 Å². The first-order valence-corrected chi connectivity index (χ1v) is 7.04. The number of aromatic hydroxyl groups is 1. The van der Waals surface area contributed by atoms with Gasteiger partial charge in [0.05, 0.1) is 5.60 Å². The molecule has 0 spiro atoms. The smallest absolute Gasteiger partial charge is 0.159 e. The normalized spacial score (nSPS) is 23.8. The number of ether oxygens (including phenoxy) is 1. The van der Waals surface area contributed by atoms with Gasteiger partial charge in [-0.3, -0.25) is 9.69 Å². The summed E-state index contributed by atoms with van der Waals surface area (Å²) in [6.07, 6.45) is 2.14. The van der Waals surface area contributed by atoms with Gasteiger partial charge in [-0.1, -0.05) is 0 Å². The number of phenols is 1. The molecule has 0 radical (unpaired) electrons. The van der Waals surface area contributed by atoms with E-state index in [1.165, 1.54) is 0 Å². The third-order valence-corrected chi connectivity index (χ3v) is 4.11. The summed E-state index contributed by atoms with van der Waals surface area (Å²) in [6.45, 7) is 6.13. The molecule has 1 atom stereocenters. The molecule has 20 heavy (non-hydrogen) atoms. The van der Waals surface area contributed by atoms with Gasteiger partial charge < -0.3 is 9.84 Å². The second-order valence-electron chi connectivity index (χ2n) is 5.87. The quantitative estimate of drug-likeness (QED) is 0.859. The standard InChI is InChI=1S/C16H23NO3/c1-12(18)13-5-6-15(19)14(9-13)10-17-8-4-7-16(2,11-17)20-3/h5-6,9,19H,4,7-8,10-11H2,1-3H3. The third-order valence-electron chi connectivity index (χ3n) is 4.11. The van der Waals surface area contributed by atoms with Gasteiger partial charge in [-0.05, 0) is 51.4 Å². The van der Waals surface area contributed by atoms with Crippen LogP contribution < -0.4 is 0 Å². The van der Waals surface area contributed by atoms with E-state index in [0.717, 1.165) is 31.5 Å². The Morgan fingerprint density at radius 2 is 2.25 bits per heavy atom. The fourth-order valence-corrected chi connectivity index (χ4v) is 2.78. The molecule has 4 heteroatoms. The summed E-state index contributed by atoms with van der Waals surface area (Å²) in [6, 6.07) is 5.05. The minimum Gasteiger partial charge on any atom is -0.508 e. The molecule has 1 heterocycles. The van der Waals surface area contributed by atoms with Crippen LogP contribution >= 0.6 is 0 Å². The van der Waals surface area contributed by atoms with Gasteiger partial charge in [0.2, 0.25) is 0 Å². The Hall–Kier alpha value is -1.39. The zero-order valence-electron chi connectivity index (χ0n) is 12.5. The van der Waals surface area contributed by atoms with Crippen molar-refractivity contribution in [1.29, 1.82) is 0 Å². The lowest BCUT2D eigenvalue weighted by molar-refractivity contribution is -0.0528. The van der Waals surface area contributed by atoms with Gasteiger partial charge in [0, 0.05) is 31.3 Å². The highest BCUT2D eigenvalue weighted by Gasteiger charge is 2.30. The highest BCUT2D eigenvalue weighted by atomic mass is 16.5. The topological polar surface area (TPSA) is 49.8 Å². The van der Waals surface area contributed by atoms with Crippen LogP contribution in [-0.2, 0) is 11.3 Å². The van der Waals surface area contributed by atoms with Gasteiger partial charge in [0.1, 0.15) is 5.75 Å². The first-order chi connectivity index (χ1) is 9.43. The summed E-state index contributed by atoms with van der Waals surface area (Å²) in [5.74, 6) is 0.270. The largest absolute Gasteiger partial charge is 0.508 e. The highest BCUT2D eigenvalue weighted by Crippen LogP contribution is 2.27. The molecule has 2 rings (SSSR count). The maximum absolute atomic E-state index is 11.4. The maximum Gasteiger partial charge on any atom is 0.159 e. The van der Waals surface area contributed by atoms with Crippen molar-refractivity contribution in [3.8, 4) is 5.75 Å². The number of rotatable bonds is 4. The van der Waals surface area contributed by atoms with E-state index in [1.54, 1.807) is 32.2 Å². The molecule has 0 aromatic heterocycles. The summed E-state index contributed by atoms with van der Waals surface area (Å²) in [5, 5.41) is 9.97. The number of piperidine rings is 1. The molecule has 1 saturated heterocycles. The zero-order valence-corrected chi connectivity index (χ0v) is 12.5. The van der Waals surface area contributed by atoms with E-state index in [1.807, 2.05) is 0 Å². The van der Waals surface area contributed by atoms with E-state index >= 15 is 0 Å². The number of hydrogen-bond donors (Lipinski definition) is 1. The van der Waals surface area contributed by atoms with Gasteiger partial charge in [-0.25, -0.2) is 0 Å². The third kappa shape index (κ3) is 3.38. The van der Waals surface area contributed by atoms with Crippen LogP contribution in [0.15, 0.2) is 18.2 Å². The molecule has 1 aromatic rings. The Morgan fingerprint density at radius 3 is 2.90 bits per heavy atom. The second kappa shape index (κ2) is 5.94. The number of ketones is 1. The lowest BCUT2D eigenvalue weighted by atomic mass is 9.94. The second-order valence-corrected chi connectivity index (χ2v) is 5.87. The van der Waals surface area contributed by atoms with E-state index in [-0.39, 0.29) is 17.1 Å². The molecule has 0 aliphatic carbocycles. The van der Waals surface area contributed by atoms with E-state index < -0.39 is 0 Å². The number of carbonyl (C=O) groups excluding carboxylic acids is 1. The number of benzene rings is 1. The number of hydrogen-bond acceptors (Lipinski definition) is 4. The van der Waals surface area contributed by atoms with Crippen LogP contribution in [0.5, 0.6) is 5.75 Å². The number of phenolic OH excluding ortho intramolecular Hbond substituents is 1. The lowest BCUT2D eigenvalue weighted by Crippen LogP contribution is -2.46. The van der Waals surface area contributed by atoms with Crippen LogP contribution in [0.3, 0.4) is 0 Å². The average Bonchev–Trinajstić information content (AvgIpc) is 2.41. The molecule has 1 fully saturated rings. The number of Topliss-reactive ketones (excluding diaryl/α,β-unsaturated/α-hetero) is 1. The Balaban J connectivity index is 2.13. The summed E-state index contributed by atoms with van der Waals surface area (Å²) in [5.41, 5.74) is 1.33. The Bertz CT molecular complexity index is 500. The summed E-state index contributed by atoms with van der Waals surface area (Å²) >= 11 is 0. The Labute approximate surface area is 120 Å². The van der Waals surface area contributed by atoms with Crippen LogP contribution in [0.25, 0.3) is 0 Å². The maximum atomic E-state index is 11.4.